The summed E-state index contributed by atoms with van der Waals surface area (Å²) in [6, 6.07) is 1.60. The van der Waals surface area contributed by atoms with Crippen LogP contribution in [0.4, 0.5) is 0 Å². The monoisotopic (exact) mass is 356 g/mol. The van der Waals surface area contributed by atoms with Crippen LogP contribution < -0.4 is 0 Å². The minimum atomic E-state index is -3.70. The molecule has 0 amide bonds. The summed E-state index contributed by atoms with van der Waals surface area (Å²) in [5.41, 5.74) is 0. The maximum atomic E-state index is 12.8. The highest BCUT2D eigenvalue weighted by Crippen LogP contribution is 2.30. The van der Waals surface area contributed by atoms with E-state index >= 15 is 0 Å². The van der Waals surface area contributed by atoms with Crippen LogP contribution in [0, 0.1) is 0 Å². The van der Waals surface area contributed by atoms with Gasteiger partial charge < -0.3 is 4.74 Å². The van der Waals surface area contributed by atoms with Crippen molar-refractivity contribution in [1.29, 1.82) is 0 Å². The summed E-state index contributed by atoms with van der Waals surface area (Å²) in [6.45, 7) is 0.757. The molecule has 0 spiro atoms. The molecular formula is C13H16N4O4S2. The topological polar surface area (TPSA) is 94.4 Å². The van der Waals surface area contributed by atoms with E-state index in [1.54, 1.807) is 22.5 Å². The number of carbonyl (C=O) groups is 1. The minimum Gasteiger partial charge on any atom is -0.465 e. The highest BCUT2D eigenvalue weighted by atomic mass is 32.2. The number of aromatic nitrogens is 3. The van der Waals surface area contributed by atoms with Crippen LogP contribution in [0.2, 0.25) is 0 Å². The van der Waals surface area contributed by atoms with Crippen LogP contribution >= 0.6 is 11.3 Å². The number of hydrogen-bond donors (Lipinski definition) is 0. The Bertz CT molecular complexity index is 777. The zero-order valence-corrected chi connectivity index (χ0v) is 14.1. The summed E-state index contributed by atoms with van der Waals surface area (Å²) < 4.78 is 33.4. The van der Waals surface area contributed by atoms with E-state index < -0.39 is 16.0 Å². The molecule has 0 aromatic carbocycles. The first-order chi connectivity index (χ1) is 11.0. The van der Waals surface area contributed by atoms with Crippen molar-refractivity contribution >= 4 is 27.3 Å². The highest BCUT2D eigenvalue weighted by Gasteiger charge is 2.33. The smallest absolute Gasteiger partial charge is 0.349 e. The van der Waals surface area contributed by atoms with Gasteiger partial charge in [-0.25, -0.2) is 17.9 Å². The average molecular weight is 356 g/mol. The third-order valence-electron chi connectivity index (χ3n) is 3.86. The van der Waals surface area contributed by atoms with Crippen molar-refractivity contribution in [2.75, 3.05) is 20.2 Å². The lowest BCUT2D eigenvalue weighted by Crippen LogP contribution is -2.39. The van der Waals surface area contributed by atoms with Crippen molar-refractivity contribution in [2.24, 2.45) is 0 Å². The summed E-state index contributed by atoms with van der Waals surface area (Å²) in [6.07, 6.45) is 4.70. The summed E-state index contributed by atoms with van der Waals surface area (Å²) in [4.78, 5) is 11.9. The van der Waals surface area contributed by atoms with Crippen molar-refractivity contribution in [3.05, 3.63) is 28.7 Å². The second-order valence-electron chi connectivity index (χ2n) is 5.12. The number of ether oxygens (including phenoxy) is 1. The Morgan fingerprint density at radius 1 is 1.39 bits per heavy atom. The molecule has 2 aromatic heterocycles. The maximum Gasteiger partial charge on any atom is 0.349 e. The quantitative estimate of drug-likeness (QED) is 0.763. The van der Waals surface area contributed by atoms with Gasteiger partial charge in [-0.3, -0.25) is 0 Å². The predicted molar refractivity (Wildman–Crippen MR) is 82.7 cm³/mol. The number of methoxy groups -OCH3 is 1. The van der Waals surface area contributed by atoms with E-state index in [-0.39, 0.29) is 15.8 Å². The van der Waals surface area contributed by atoms with E-state index in [9.17, 15) is 13.2 Å². The molecule has 2 aromatic rings. The van der Waals surface area contributed by atoms with Gasteiger partial charge in [0.2, 0.25) is 10.0 Å². The number of piperidine rings is 1. The van der Waals surface area contributed by atoms with Gasteiger partial charge in [0.25, 0.3) is 0 Å². The normalized spacial score (nSPS) is 17.3. The zero-order valence-electron chi connectivity index (χ0n) is 12.5. The Morgan fingerprint density at radius 3 is 2.74 bits per heavy atom. The molecule has 0 saturated carbocycles. The van der Waals surface area contributed by atoms with Gasteiger partial charge in [0.15, 0.2) is 0 Å². The van der Waals surface area contributed by atoms with Crippen LogP contribution in [0.3, 0.4) is 0 Å². The number of rotatable bonds is 4. The summed E-state index contributed by atoms with van der Waals surface area (Å²) in [5.74, 6) is -0.629. The Kier molecular flexibility index (Phi) is 4.46. The van der Waals surface area contributed by atoms with Gasteiger partial charge in [0.05, 0.1) is 19.3 Å². The van der Waals surface area contributed by atoms with Gasteiger partial charge in [-0.1, -0.05) is 5.21 Å². The molecular weight excluding hydrogens is 340 g/mol. The van der Waals surface area contributed by atoms with Crippen LogP contribution in [0.15, 0.2) is 28.7 Å². The summed E-state index contributed by atoms with van der Waals surface area (Å²) in [5, 5.41) is 9.33. The number of hydrogen-bond acceptors (Lipinski definition) is 7. The fraction of sp³-hybridized carbons (Fsp3) is 0.462. The van der Waals surface area contributed by atoms with Crippen LogP contribution in [0.25, 0.3) is 0 Å². The van der Waals surface area contributed by atoms with E-state index in [1.807, 2.05) is 0 Å². The fourth-order valence-corrected chi connectivity index (χ4v) is 5.42. The molecule has 124 valence electrons. The Morgan fingerprint density at radius 2 is 2.13 bits per heavy atom. The van der Waals surface area contributed by atoms with E-state index in [0.717, 1.165) is 11.3 Å². The molecule has 0 unspecified atom stereocenters. The van der Waals surface area contributed by atoms with Crippen molar-refractivity contribution in [3.8, 4) is 0 Å². The molecule has 8 nitrogen and oxygen atoms in total. The standard InChI is InChI=1S/C13H16N4O4S2/c1-21-13(18)12-11(4-9-22-12)23(19,20)16-6-2-10(3-7-16)17-8-5-14-15-17/h4-5,8-10H,2-3,6-7H2,1H3. The van der Waals surface area contributed by atoms with Gasteiger partial charge in [-0.05, 0) is 24.3 Å². The third-order valence-corrected chi connectivity index (χ3v) is 6.82. The molecule has 23 heavy (non-hydrogen) atoms. The number of thiophene rings is 1. The molecule has 1 aliphatic heterocycles. The van der Waals surface area contributed by atoms with Crippen molar-refractivity contribution < 1.29 is 17.9 Å². The van der Waals surface area contributed by atoms with Crippen LogP contribution in [-0.2, 0) is 14.8 Å². The van der Waals surface area contributed by atoms with Crippen LogP contribution in [0.1, 0.15) is 28.6 Å². The van der Waals surface area contributed by atoms with Crippen molar-refractivity contribution in [1.82, 2.24) is 19.3 Å². The van der Waals surface area contributed by atoms with Gasteiger partial charge in [-0.2, -0.15) is 4.31 Å². The Balaban J connectivity index is 1.77. The van der Waals surface area contributed by atoms with Crippen LogP contribution in [0.5, 0.6) is 0 Å². The Labute approximate surface area is 137 Å². The summed E-state index contributed by atoms with van der Waals surface area (Å²) >= 11 is 1.07. The molecule has 0 aliphatic carbocycles. The van der Waals surface area contributed by atoms with Gasteiger partial charge in [-0.15, -0.1) is 16.4 Å². The van der Waals surface area contributed by atoms with E-state index in [2.05, 4.69) is 15.0 Å². The first-order valence-electron chi connectivity index (χ1n) is 7.06. The maximum absolute atomic E-state index is 12.8. The van der Waals surface area contributed by atoms with E-state index in [0.29, 0.717) is 25.9 Å². The number of esters is 1. The number of sulfonamides is 1. The molecule has 1 aliphatic rings. The molecule has 3 heterocycles. The zero-order chi connectivity index (χ0) is 16.4. The highest BCUT2D eigenvalue weighted by molar-refractivity contribution is 7.89. The molecule has 1 fully saturated rings. The number of nitrogens with zero attached hydrogens (tertiary/aromatic N) is 4. The van der Waals surface area contributed by atoms with E-state index in [1.165, 1.54) is 17.5 Å². The first-order valence-corrected chi connectivity index (χ1v) is 9.37. The summed E-state index contributed by atoms with van der Waals surface area (Å²) in [7, 11) is -2.46. The minimum absolute atomic E-state index is 0.0218. The van der Waals surface area contributed by atoms with Crippen molar-refractivity contribution in [3.63, 3.8) is 0 Å². The first kappa shape index (κ1) is 16.1. The Hall–Kier alpha value is -1.78. The SMILES string of the molecule is COC(=O)c1sccc1S(=O)(=O)N1CCC(n2ccnn2)CC1. The van der Waals surface area contributed by atoms with Crippen LogP contribution in [-0.4, -0.2) is 53.9 Å². The second kappa shape index (κ2) is 6.38. The predicted octanol–water partition coefficient (Wildman–Crippen LogP) is 1.15. The average Bonchev–Trinajstić information content (AvgIpc) is 3.25. The largest absolute Gasteiger partial charge is 0.465 e. The molecule has 0 radical (unpaired) electrons. The van der Waals surface area contributed by atoms with Gasteiger partial charge >= 0.3 is 5.97 Å². The number of carbonyl (C=O) groups excluding carboxylic acids is 1. The lowest BCUT2D eigenvalue weighted by molar-refractivity contribution is 0.0602. The fourth-order valence-electron chi connectivity index (χ4n) is 2.64. The lowest BCUT2D eigenvalue weighted by atomic mass is 10.1. The van der Waals surface area contributed by atoms with Gasteiger partial charge in [0.1, 0.15) is 9.77 Å². The second-order valence-corrected chi connectivity index (χ2v) is 7.95. The molecule has 3 rings (SSSR count). The van der Waals surface area contributed by atoms with E-state index in [4.69, 9.17) is 0 Å². The molecule has 0 N–H and O–H groups in total. The van der Waals surface area contributed by atoms with Crippen molar-refractivity contribution in [2.45, 2.75) is 23.8 Å². The lowest BCUT2D eigenvalue weighted by Gasteiger charge is -2.30. The molecule has 10 heteroatoms. The third kappa shape index (κ3) is 3.01. The molecule has 0 bridgehead atoms. The molecule has 0 atom stereocenters. The van der Waals surface area contributed by atoms with Gasteiger partial charge in [0, 0.05) is 19.3 Å². The molecule has 1 saturated heterocycles.